The zero-order valence-electron chi connectivity index (χ0n) is 20.6. The number of amides is 3. The molecule has 1 aliphatic rings. The second-order valence-electron chi connectivity index (χ2n) is 9.04. The number of nitrogens with zero attached hydrogens (tertiary/aromatic N) is 1. The maximum absolute atomic E-state index is 13.6. The van der Waals surface area contributed by atoms with E-state index in [2.05, 4.69) is 24.5 Å². The fraction of sp³-hybridized carbons (Fsp3) is 0.179. The van der Waals surface area contributed by atoms with E-state index in [4.69, 9.17) is 23.2 Å². The van der Waals surface area contributed by atoms with E-state index < -0.39 is 17.6 Å². The van der Waals surface area contributed by atoms with Crippen LogP contribution in [0.5, 0.6) is 0 Å². The maximum Gasteiger partial charge on any atom is 0.283 e. The van der Waals surface area contributed by atoms with E-state index in [-0.39, 0.29) is 33.3 Å². The summed E-state index contributed by atoms with van der Waals surface area (Å²) < 4.78 is 13.6. The molecule has 1 heterocycles. The molecule has 9 heteroatoms. The highest BCUT2D eigenvalue weighted by Gasteiger charge is 2.39. The Morgan fingerprint density at radius 1 is 0.946 bits per heavy atom. The molecule has 3 amide bonds. The number of carbonyl (C=O) groups is 3. The van der Waals surface area contributed by atoms with Gasteiger partial charge in [0.1, 0.15) is 16.5 Å². The topological polar surface area (TPSA) is 78.5 Å². The van der Waals surface area contributed by atoms with Crippen LogP contribution in [0, 0.1) is 19.7 Å². The highest BCUT2D eigenvalue weighted by atomic mass is 35.5. The van der Waals surface area contributed by atoms with Gasteiger partial charge in [-0.3, -0.25) is 14.4 Å². The van der Waals surface area contributed by atoms with Crippen molar-refractivity contribution in [1.29, 1.82) is 0 Å². The summed E-state index contributed by atoms with van der Waals surface area (Å²) >= 11 is 12.1. The average molecular weight is 540 g/mol. The second-order valence-corrected chi connectivity index (χ2v) is 9.82. The average Bonchev–Trinajstić information content (AvgIpc) is 3.06. The van der Waals surface area contributed by atoms with Crippen LogP contribution < -0.4 is 15.5 Å². The third-order valence-corrected chi connectivity index (χ3v) is 6.75. The molecular formula is C28H24Cl2FN3O3. The first-order chi connectivity index (χ1) is 17.5. The third kappa shape index (κ3) is 5.10. The van der Waals surface area contributed by atoms with Gasteiger partial charge in [0.15, 0.2) is 0 Å². The van der Waals surface area contributed by atoms with E-state index in [0.29, 0.717) is 11.3 Å². The molecule has 3 aromatic carbocycles. The Labute approximate surface area is 224 Å². The van der Waals surface area contributed by atoms with Crippen LogP contribution >= 0.6 is 23.2 Å². The van der Waals surface area contributed by atoms with Gasteiger partial charge in [-0.15, -0.1) is 0 Å². The van der Waals surface area contributed by atoms with Gasteiger partial charge in [-0.05, 0) is 66.8 Å². The number of rotatable bonds is 6. The van der Waals surface area contributed by atoms with E-state index in [1.54, 1.807) is 25.1 Å². The van der Waals surface area contributed by atoms with E-state index >= 15 is 0 Å². The van der Waals surface area contributed by atoms with E-state index in [1.807, 2.05) is 25.1 Å². The van der Waals surface area contributed by atoms with Crippen molar-refractivity contribution in [2.45, 2.75) is 33.6 Å². The van der Waals surface area contributed by atoms with Crippen molar-refractivity contribution in [1.82, 2.24) is 0 Å². The molecule has 190 valence electrons. The molecule has 0 saturated carbocycles. The summed E-state index contributed by atoms with van der Waals surface area (Å²) in [5, 5.41) is 5.35. The van der Waals surface area contributed by atoms with Crippen LogP contribution in [-0.2, 0) is 9.59 Å². The minimum Gasteiger partial charge on any atom is -0.349 e. The lowest BCUT2D eigenvalue weighted by Gasteiger charge is -2.18. The monoisotopic (exact) mass is 539 g/mol. The van der Waals surface area contributed by atoms with Crippen molar-refractivity contribution in [3.8, 4) is 0 Å². The molecule has 0 radical (unpaired) electrons. The fourth-order valence-corrected chi connectivity index (χ4v) is 4.42. The number of halogens is 3. The molecule has 0 saturated heterocycles. The Balaban J connectivity index is 1.61. The number of carbonyl (C=O) groups excluding carboxylic acids is 3. The lowest BCUT2D eigenvalue weighted by Crippen LogP contribution is -2.32. The number of aryl methyl sites for hydroxylation is 2. The summed E-state index contributed by atoms with van der Waals surface area (Å²) in [6.07, 6.45) is 0. The molecule has 0 spiro atoms. The summed E-state index contributed by atoms with van der Waals surface area (Å²) in [4.78, 5) is 39.9. The van der Waals surface area contributed by atoms with Gasteiger partial charge in [0.25, 0.3) is 17.7 Å². The minimum atomic E-state index is -0.774. The van der Waals surface area contributed by atoms with Crippen molar-refractivity contribution < 1.29 is 18.8 Å². The van der Waals surface area contributed by atoms with Gasteiger partial charge >= 0.3 is 0 Å². The first-order valence-corrected chi connectivity index (χ1v) is 12.3. The highest BCUT2D eigenvalue weighted by Crippen LogP contribution is 2.33. The van der Waals surface area contributed by atoms with E-state index in [1.165, 1.54) is 12.1 Å². The van der Waals surface area contributed by atoms with Crippen molar-refractivity contribution >= 4 is 58.0 Å². The van der Waals surface area contributed by atoms with Crippen LogP contribution in [0.2, 0.25) is 5.02 Å². The normalized spacial score (nSPS) is 13.6. The zero-order chi connectivity index (χ0) is 27.0. The molecule has 0 atom stereocenters. The number of hydrogen-bond acceptors (Lipinski definition) is 4. The highest BCUT2D eigenvalue weighted by molar-refractivity contribution is 6.53. The Hall–Kier alpha value is -3.68. The third-order valence-electron chi connectivity index (χ3n) is 6.11. The van der Waals surface area contributed by atoms with Gasteiger partial charge in [0.05, 0.1) is 10.7 Å². The summed E-state index contributed by atoms with van der Waals surface area (Å²) in [6.45, 7) is 7.83. The van der Waals surface area contributed by atoms with Gasteiger partial charge in [0, 0.05) is 16.9 Å². The second kappa shape index (κ2) is 10.4. The largest absolute Gasteiger partial charge is 0.349 e. The molecule has 0 bridgehead atoms. The van der Waals surface area contributed by atoms with Gasteiger partial charge in [-0.1, -0.05) is 61.3 Å². The lowest BCUT2D eigenvalue weighted by molar-refractivity contribution is -0.120. The lowest BCUT2D eigenvalue weighted by atomic mass is 9.98. The maximum atomic E-state index is 13.6. The molecule has 37 heavy (non-hydrogen) atoms. The number of imide groups is 1. The summed E-state index contributed by atoms with van der Waals surface area (Å²) in [5.74, 6) is -2.29. The molecule has 4 rings (SSSR count). The summed E-state index contributed by atoms with van der Waals surface area (Å²) in [7, 11) is 0. The zero-order valence-corrected chi connectivity index (χ0v) is 22.1. The molecule has 1 aliphatic heterocycles. The van der Waals surface area contributed by atoms with Gasteiger partial charge < -0.3 is 10.6 Å². The number of benzene rings is 3. The molecular weight excluding hydrogens is 516 g/mol. The van der Waals surface area contributed by atoms with Crippen LogP contribution in [-0.4, -0.2) is 17.7 Å². The molecule has 0 fully saturated rings. The Morgan fingerprint density at radius 2 is 1.68 bits per heavy atom. The Bertz CT molecular complexity index is 1480. The summed E-state index contributed by atoms with van der Waals surface area (Å²) in [6, 6.07) is 14.3. The van der Waals surface area contributed by atoms with Crippen LogP contribution in [0.4, 0.5) is 21.5 Å². The number of nitrogens with one attached hydrogen (secondary N) is 2. The Kier molecular flexibility index (Phi) is 7.39. The predicted octanol–water partition coefficient (Wildman–Crippen LogP) is 6.91. The van der Waals surface area contributed by atoms with Gasteiger partial charge in [-0.2, -0.15) is 0 Å². The predicted molar refractivity (Wildman–Crippen MR) is 145 cm³/mol. The molecule has 6 nitrogen and oxygen atoms in total. The number of hydrogen-bond donors (Lipinski definition) is 2. The van der Waals surface area contributed by atoms with E-state index in [9.17, 15) is 18.8 Å². The van der Waals surface area contributed by atoms with Crippen LogP contribution in [0.3, 0.4) is 0 Å². The quantitative estimate of drug-likeness (QED) is 0.333. The smallest absolute Gasteiger partial charge is 0.283 e. The van der Waals surface area contributed by atoms with Crippen molar-refractivity contribution in [3.63, 3.8) is 0 Å². The Morgan fingerprint density at radius 3 is 2.35 bits per heavy atom. The van der Waals surface area contributed by atoms with Crippen LogP contribution in [0.1, 0.15) is 46.8 Å². The van der Waals surface area contributed by atoms with Gasteiger partial charge in [0.2, 0.25) is 0 Å². The standard InChI is InChI=1S/C28H24Cl2FN3O3/c1-14(2)19-7-5-6-16(4)24(19)33-26(35)17-9-8-15(3)22(12-17)32-25-23(30)27(36)34(28(25)37)18-10-11-21(31)20(29)13-18/h5-14,32H,1-4H3,(H,33,35). The SMILES string of the molecule is Cc1ccc(C(=O)Nc2c(C)cccc2C(C)C)cc1NC1=C(Cl)C(=O)N(c2ccc(F)c(Cl)c2)C1=O. The summed E-state index contributed by atoms with van der Waals surface area (Å²) in [5.41, 5.74) is 4.14. The molecule has 0 unspecified atom stereocenters. The molecule has 2 N–H and O–H groups in total. The van der Waals surface area contributed by atoms with Crippen molar-refractivity contribution in [3.05, 3.63) is 98.4 Å². The van der Waals surface area contributed by atoms with Gasteiger partial charge in [-0.25, -0.2) is 9.29 Å². The molecule has 3 aromatic rings. The first-order valence-electron chi connectivity index (χ1n) is 11.5. The fourth-order valence-electron chi connectivity index (χ4n) is 4.03. The first kappa shape index (κ1) is 26.4. The van der Waals surface area contributed by atoms with Crippen LogP contribution in [0.15, 0.2) is 65.3 Å². The minimum absolute atomic E-state index is 0.0837. The molecule has 0 aromatic heterocycles. The van der Waals surface area contributed by atoms with Crippen LogP contribution in [0.25, 0.3) is 0 Å². The number of para-hydroxylation sites is 1. The molecule has 0 aliphatic carbocycles. The van der Waals surface area contributed by atoms with Crippen molar-refractivity contribution in [2.75, 3.05) is 15.5 Å². The van der Waals surface area contributed by atoms with Crippen molar-refractivity contribution in [2.24, 2.45) is 0 Å². The van der Waals surface area contributed by atoms with E-state index in [0.717, 1.165) is 33.3 Å². The number of anilines is 3.